The molecule has 4 rings (SSSR count). The van der Waals surface area contributed by atoms with Gasteiger partial charge in [-0.15, -0.1) is 0 Å². The molecule has 1 aliphatic heterocycles. The van der Waals surface area contributed by atoms with Crippen LogP contribution < -0.4 is 0 Å². The lowest BCUT2D eigenvalue weighted by atomic mass is 9.98. The van der Waals surface area contributed by atoms with E-state index in [0.717, 1.165) is 11.1 Å². The molecule has 3 aromatic rings. The van der Waals surface area contributed by atoms with Crippen molar-refractivity contribution in [2.45, 2.75) is 43.9 Å². The second-order valence-corrected chi connectivity index (χ2v) is 8.04. The van der Waals surface area contributed by atoms with Gasteiger partial charge in [0.2, 0.25) is 0 Å². The largest absolute Gasteiger partial charge is 0.459 e. The molecule has 0 saturated carbocycles. The molecule has 7 heteroatoms. The van der Waals surface area contributed by atoms with Crippen molar-refractivity contribution >= 4 is 5.97 Å². The van der Waals surface area contributed by atoms with Crippen molar-refractivity contribution in [2.24, 2.45) is 0 Å². The van der Waals surface area contributed by atoms with Crippen LogP contribution in [0.2, 0.25) is 0 Å². The van der Waals surface area contributed by atoms with Crippen molar-refractivity contribution in [2.75, 3.05) is 6.61 Å². The van der Waals surface area contributed by atoms with Gasteiger partial charge in [0.25, 0.3) is 0 Å². The van der Waals surface area contributed by atoms with Crippen molar-refractivity contribution < 1.29 is 34.0 Å². The van der Waals surface area contributed by atoms with Gasteiger partial charge in [-0.25, -0.2) is 4.79 Å². The number of hydrogen-bond donors (Lipinski definition) is 2. The van der Waals surface area contributed by atoms with Crippen molar-refractivity contribution in [1.29, 1.82) is 0 Å². The molecule has 3 aromatic carbocycles. The monoisotopic (exact) mass is 464 g/mol. The van der Waals surface area contributed by atoms with Crippen molar-refractivity contribution in [1.82, 2.24) is 0 Å². The first-order valence-corrected chi connectivity index (χ1v) is 11.2. The lowest BCUT2D eigenvalue weighted by Crippen LogP contribution is -2.60. The van der Waals surface area contributed by atoms with Crippen LogP contribution in [0.3, 0.4) is 0 Å². The Hall–Kier alpha value is -3.07. The minimum absolute atomic E-state index is 0.205. The summed E-state index contributed by atoms with van der Waals surface area (Å²) in [6, 6.07) is 27.5. The molecule has 2 N–H and O–H groups in total. The fraction of sp³-hybridized carbons (Fsp3) is 0.296. The quantitative estimate of drug-likeness (QED) is 0.470. The summed E-state index contributed by atoms with van der Waals surface area (Å²) >= 11 is 0. The molecule has 0 aromatic heterocycles. The number of ether oxygens (including phenoxy) is 4. The average molecular weight is 465 g/mol. The number of rotatable bonds is 9. The zero-order valence-electron chi connectivity index (χ0n) is 18.6. The van der Waals surface area contributed by atoms with Gasteiger partial charge in [-0.1, -0.05) is 78.9 Å². The number of carbonyl (C=O) groups excluding carboxylic acids is 1. The van der Waals surface area contributed by atoms with E-state index in [2.05, 4.69) is 0 Å². The summed E-state index contributed by atoms with van der Waals surface area (Å²) in [4.78, 5) is 12.3. The van der Waals surface area contributed by atoms with Gasteiger partial charge in [0, 0.05) is 0 Å². The fourth-order valence-electron chi connectivity index (χ4n) is 3.76. The first kappa shape index (κ1) is 24.1. The molecular formula is C27H28O7. The van der Waals surface area contributed by atoms with E-state index in [-0.39, 0.29) is 19.8 Å². The molecule has 0 bridgehead atoms. The first-order valence-electron chi connectivity index (χ1n) is 11.2. The Morgan fingerprint density at radius 1 is 0.735 bits per heavy atom. The number of aliphatic hydroxyl groups is 2. The fourth-order valence-corrected chi connectivity index (χ4v) is 3.76. The van der Waals surface area contributed by atoms with Gasteiger partial charge < -0.3 is 29.2 Å². The van der Waals surface area contributed by atoms with Gasteiger partial charge >= 0.3 is 5.97 Å². The normalized spacial score (nSPS) is 24.5. The van der Waals surface area contributed by atoms with Gasteiger partial charge in [0.05, 0.1) is 18.8 Å². The predicted molar refractivity (Wildman–Crippen MR) is 124 cm³/mol. The van der Waals surface area contributed by atoms with E-state index in [1.54, 1.807) is 30.3 Å². The van der Waals surface area contributed by atoms with Crippen LogP contribution in [0.4, 0.5) is 0 Å². The second-order valence-electron chi connectivity index (χ2n) is 8.04. The summed E-state index contributed by atoms with van der Waals surface area (Å²) in [7, 11) is 0. The molecule has 0 radical (unpaired) electrons. The van der Waals surface area contributed by atoms with Crippen LogP contribution in [-0.4, -0.2) is 53.5 Å². The summed E-state index contributed by atoms with van der Waals surface area (Å²) in [6.45, 7) is 0.164. The van der Waals surface area contributed by atoms with E-state index < -0.39 is 36.7 Å². The van der Waals surface area contributed by atoms with Crippen molar-refractivity contribution in [3.05, 3.63) is 108 Å². The average Bonchev–Trinajstić information content (AvgIpc) is 2.89. The van der Waals surface area contributed by atoms with E-state index in [9.17, 15) is 15.0 Å². The number of hydrogen-bond acceptors (Lipinski definition) is 7. The highest BCUT2D eigenvalue weighted by Crippen LogP contribution is 2.27. The third-order valence-corrected chi connectivity index (χ3v) is 5.60. The predicted octanol–water partition coefficient (Wildman–Crippen LogP) is 3.09. The molecule has 5 atom stereocenters. The topological polar surface area (TPSA) is 94.5 Å². The standard InChI is InChI=1S/C27H28O7/c28-23-22(18-33-26(29)21-14-8-3-9-15-21)34-27(30)25(32-17-20-12-6-2-7-13-20)24(23)31-16-19-10-4-1-5-11-19/h1-15,22-25,27-28,30H,16-18H2/t22-,23+,24+,25-,27+/m1/s1. The maximum atomic E-state index is 12.3. The molecule has 1 heterocycles. The second kappa shape index (κ2) is 11.9. The van der Waals surface area contributed by atoms with Gasteiger partial charge in [0.1, 0.15) is 31.0 Å². The molecule has 1 aliphatic rings. The Morgan fingerprint density at radius 2 is 1.24 bits per heavy atom. The summed E-state index contributed by atoms with van der Waals surface area (Å²) in [5.41, 5.74) is 2.20. The summed E-state index contributed by atoms with van der Waals surface area (Å²) in [5.74, 6) is -0.546. The molecular weight excluding hydrogens is 436 g/mol. The van der Waals surface area contributed by atoms with E-state index >= 15 is 0 Å². The Morgan fingerprint density at radius 3 is 1.79 bits per heavy atom. The van der Waals surface area contributed by atoms with Crippen LogP contribution in [0.1, 0.15) is 21.5 Å². The molecule has 1 fully saturated rings. The van der Waals surface area contributed by atoms with E-state index in [0.29, 0.717) is 5.56 Å². The van der Waals surface area contributed by atoms with Gasteiger partial charge in [0.15, 0.2) is 6.29 Å². The Bertz CT molecular complexity index is 1010. The number of carbonyl (C=O) groups is 1. The third kappa shape index (κ3) is 6.28. The Kier molecular flexibility index (Phi) is 8.41. The molecule has 0 aliphatic carbocycles. The highest BCUT2D eigenvalue weighted by Gasteiger charge is 2.46. The lowest BCUT2D eigenvalue weighted by Gasteiger charge is -2.42. The maximum Gasteiger partial charge on any atom is 0.338 e. The SMILES string of the molecule is O=C(OC[C@H]1O[C@H](O)[C@H](OCc2ccccc2)[C@@H](OCc2ccccc2)[C@H]1O)c1ccccc1. The zero-order chi connectivity index (χ0) is 23.8. The minimum atomic E-state index is -1.38. The van der Waals surface area contributed by atoms with Crippen LogP contribution in [0.5, 0.6) is 0 Å². The Balaban J connectivity index is 1.44. The molecule has 178 valence electrons. The molecule has 0 unspecified atom stereocenters. The minimum Gasteiger partial charge on any atom is -0.459 e. The van der Waals surface area contributed by atoms with Gasteiger partial charge in [-0.3, -0.25) is 0 Å². The van der Waals surface area contributed by atoms with Gasteiger partial charge in [-0.05, 0) is 23.3 Å². The maximum absolute atomic E-state index is 12.3. The highest BCUT2D eigenvalue weighted by molar-refractivity contribution is 5.89. The van der Waals surface area contributed by atoms with Crippen LogP contribution in [0.25, 0.3) is 0 Å². The van der Waals surface area contributed by atoms with Crippen molar-refractivity contribution in [3.8, 4) is 0 Å². The van der Waals surface area contributed by atoms with Gasteiger partial charge in [-0.2, -0.15) is 0 Å². The molecule has 7 nitrogen and oxygen atoms in total. The summed E-state index contributed by atoms with van der Waals surface area (Å²) in [6.07, 6.45) is -5.42. The van der Waals surface area contributed by atoms with Crippen LogP contribution in [-0.2, 0) is 32.2 Å². The summed E-state index contributed by atoms with van der Waals surface area (Å²) in [5, 5.41) is 21.7. The summed E-state index contributed by atoms with van der Waals surface area (Å²) < 4.78 is 22.9. The number of aliphatic hydroxyl groups excluding tert-OH is 2. The van der Waals surface area contributed by atoms with Crippen LogP contribution in [0.15, 0.2) is 91.0 Å². The third-order valence-electron chi connectivity index (χ3n) is 5.60. The van der Waals surface area contributed by atoms with E-state index in [1.165, 1.54) is 0 Å². The number of esters is 1. The molecule has 34 heavy (non-hydrogen) atoms. The van der Waals surface area contributed by atoms with E-state index in [1.807, 2.05) is 60.7 Å². The lowest BCUT2D eigenvalue weighted by molar-refractivity contribution is -0.307. The molecule has 1 saturated heterocycles. The Labute approximate surface area is 198 Å². The molecule has 0 spiro atoms. The van der Waals surface area contributed by atoms with E-state index in [4.69, 9.17) is 18.9 Å². The van der Waals surface area contributed by atoms with Crippen LogP contribution >= 0.6 is 0 Å². The highest BCUT2D eigenvalue weighted by atomic mass is 16.7. The van der Waals surface area contributed by atoms with Crippen LogP contribution in [0, 0.1) is 0 Å². The first-order chi connectivity index (χ1) is 16.6. The van der Waals surface area contributed by atoms with Crippen molar-refractivity contribution in [3.63, 3.8) is 0 Å². The zero-order valence-corrected chi connectivity index (χ0v) is 18.6. The number of benzene rings is 3. The molecule has 0 amide bonds. The smallest absolute Gasteiger partial charge is 0.338 e.